The summed E-state index contributed by atoms with van der Waals surface area (Å²) in [6.45, 7) is 7.41. The number of sulfonamides is 1. The normalized spacial score (nSPS) is 12.2. The van der Waals surface area contributed by atoms with Crippen LogP contribution in [0.3, 0.4) is 0 Å². The standard InChI is InChI=1S/C28H32ClN3O4S/c1-20-11-14-24(15-12-20)37(34,35)32(23-13-16-26(36-5)25(29)17-23)19-27(33)31-30-21(2)18-28(3,4)22-9-7-6-8-10-22/h6-17H,18-19H2,1-5H3,(H,31,33)/b30-21-. The molecular formula is C28H32ClN3O4S. The third-order valence-corrected chi connectivity index (χ3v) is 8.03. The maximum atomic E-state index is 13.6. The van der Waals surface area contributed by atoms with Crippen molar-refractivity contribution in [2.24, 2.45) is 5.10 Å². The van der Waals surface area contributed by atoms with Gasteiger partial charge in [0.2, 0.25) is 0 Å². The molecule has 1 N–H and O–H groups in total. The molecule has 0 aliphatic rings. The van der Waals surface area contributed by atoms with Crippen LogP contribution in [0.1, 0.15) is 38.3 Å². The molecule has 196 valence electrons. The number of ether oxygens (including phenoxy) is 1. The maximum Gasteiger partial charge on any atom is 0.264 e. The van der Waals surface area contributed by atoms with Crippen molar-refractivity contribution in [1.29, 1.82) is 0 Å². The summed E-state index contributed by atoms with van der Waals surface area (Å²) < 4.78 is 33.3. The SMILES string of the molecule is COc1ccc(N(CC(=O)N/N=C(/C)CC(C)(C)c2ccccc2)S(=O)(=O)c2ccc(C)cc2)cc1Cl. The fourth-order valence-corrected chi connectivity index (χ4v) is 5.62. The lowest BCUT2D eigenvalue weighted by Gasteiger charge is -2.25. The summed E-state index contributed by atoms with van der Waals surface area (Å²) in [5, 5.41) is 4.47. The quantitative estimate of drug-likeness (QED) is 0.263. The minimum atomic E-state index is -4.08. The zero-order valence-electron chi connectivity index (χ0n) is 21.7. The van der Waals surface area contributed by atoms with Gasteiger partial charge >= 0.3 is 0 Å². The lowest BCUT2D eigenvalue weighted by Crippen LogP contribution is -2.40. The third-order valence-electron chi connectivity index (χ3n) is 5.94. The average Bonchev–Trinajstić information content (AvgIpc) is 2.86. The molecule has 0 atom stereocenters. The average molecular weight is 542 g/mol. The highest BCUT2D eigenvalue weighted by molar-refractivity contribution is 7.92. The zero-order valence-corrected chi connectivity index (χ0v) is 23.2. The van der Waals surface area contributed by atoms with Gasteiger partial charge in [0.05, 0.1) is 22.7 Å². The monoisotopic (exact) mass is 541 g/mol. The van der Waals surface area contributed by atoms with Crippen LogP contribution in [0.15, 0.2) is 82.8 Å². The molecule has 0 spiro atoms. The van der Waals surface area contributed by atoms with E-state index in [1.807, 2.05) is 32.0 Å². The number of rotatable bonds is 10. The maximum absolute atomic E-state index is 13.6. The second-order valence-corrected chi connectivity index (χ2v) is 11.7. The third kappa shape index (κ3) is 7.11. The summed E-state index contributed by atoms with van der Waals surface area (Å²) in [4.78, 5) is 13.0. The molecule has 3 aromatic carbocycles. The lowest BCUT2D eigenvalue weighted by atomic mass is 9.80. The molecule has 0 radical (unpaired) electrons. The number of anilines is 1. The van der Waals surface area contributed by atoms with E-state index in [0.717, 1.165) is 15.4 Å². The van der Waals surface area contributed by atoms with Gasteiger partial charge in [-0.25, -0.2) is 13.8 Å². The van der Waals surface area contributed by atoms with Crippen LogP contribution in [-0.2, 0) is 20.2 Å². The van der Waals surface area contributed by atoms with Gasteiger partial charge in [-0.3, -0.25) is 9.10 Å². The number of hydrogen-bond acceptors (Lipinski definition) is 5. The first kappa shape index (κ1) is 28.2. The van der Waals surface area contributed by atoms with E-state index in [1.165, 1.54) is 25.3 Å². The molecule has 0 bridgehead atoms. The number of methoxy groups -OCH3 is 1. The number of nitrogens with zero attached hydrogens (tertiary/aromatic N) is 2. The van der Waals surface area contributed by atoms with Crippen LogP contribution in [0.25, 0.3) is 0 Å². The Hall–Kier alpha value is -3.36. The van der Waals surface area contributed by atoms with Gasteiger partial charge in [-0.2, -0.15) is 5.10 Å². The molecule has 0 aromatic heterocycles. The van der Waals surface area contributed by atoms with E-state index in [0.29, 0.717) is 17.9 Å². The highest BCUT2D eigenvalue weighted by atomic mass is 35.5. The number of aryl methyl sites for hydroxylation is 1. The fourth-order valence-electron chi connectivity index (χ4n) is 3.96. The fraction of sp³-hybridized carbons (Fsp3) is 0.286. The van der Waals surface area contributed by atoms with Gasteiger partial charge in [-0.1, -0.05) is 73.5 Å². The molecule has 9 heteroatoms. The summed E-state index contributed by atoms with van der Waals surface area (Å²) in [6, 6.07) is 21.0. The predicted molar refractivity (Wildman–Crippen MR) is 149 cm³/mol. The van der Waals surface area contributed by atoms with Gasteiger partial charge in [0.25, 0.3) is 15.9 Å². The van der Waals surface area contributed by atoms with Crippen molar-refractivity contribution in [3.63, 3.8) is 0 Å². The number of carbonyl (C=O) groups excluding carboxylic acids is 1. The Labute approximate surface area is 224 Å². The molecule has 0 fully saturated rings. The topological polar surface area (TPSA) is 88.1 Å². The number of benzene rings is 3. The van der Waals surface area contributed by atoms with E-state index < -0.39 is 22.5 Å². The van der Waals surface area contributed by atoms with E-state index in [4.69, 9.17) is 16.3 Å². The van der Waals surface area contributed by atoms with Crippen molar-refractivity contribution in [2.45, 2.75) is 44.4 Å². The van der Waals surface area contributed by atoms with Crippen molar-refractivity contribution in [3.8, 4) is 5.75 Å². The van der Waals surface area contributed by atoms with Crippen molar-refractivity contribution in [1.82, 2.24) is 5.43 Å². The van der Waals surface area contributed by atoms with Gasteiger partial charge in [0, 0.05) is 5.71 Å². The number of nitrogens with one attached hydrogen (secondary N) is 1. The Morgan fingerprint density at radius 1 is 1.05 bits per heavy atom. The molecule has 0 unspecified atom stereocenters. The van der Waals surface area contributed by atoms with Crippen LogP contribution in [0.2, 0.25) is 5.02 Å². The van der Waals surface area contributed by atoms with Gasteiger partial charge in [0.1, 0.15) is 12.3 Å². The van der Waals surface area contributed by atoms with E-state index in [-0.39, 0.29) is 21.0 Å². The van der Waals surface area contributed by atoms with Crippen LogP contribution in [0, 0.1) is 6.92 Å². The Balaban J connectivity index is 1.84. The van der Waals surface area contributed by atoms with Gasteiger partial charge in [0.15, 0.2) is 0 Å². The van der Waals surface area contributed by atoms with Gasteiger partial charge < -0.3 is 4.74 Å². The predicted octanol–water partition coefficient (Wildman–Crippen LogP) is 5.71. The smallest absolute Gasteiger partial charge is 0.264 e. The van der Waals surface area contributed by atoms with Crippen LogP contribution in [0.5, 0.6) is 5.75 Å². The molecule has 37 heavy (non-hydrogen) atoms. The molecule has 0 aliphatic heterocycles. The van der Waals surface area contributed by atoms with Crippen molar-refractivity contribution < 1.29 is 17.9 Å². The Kier molecular flexibility index (Phi) is 8.99. The first-order valence-corrected chi connectivity index (χ1v) is 13.6. The number of amides is 1. The van der Waals surface area contributed by atoms with Crippen LogP contribution in [-0.4, -0.2) is 33.7 Å². The molecule has 0 saturated carbocycles. The number of carbonyl (C=O) groups is 1. The zero-order chi connectivity index (χ0) is 27.2. The molecule has 3 rings (SSSR count). The largest absolute Gasteiger partial charge is 0.495 e. The molecule has 1 amide bonds. The van der Waals surface area contributed by atoms with Crippen LogP contribution >= 0.6 is 11.6 Å². The minimum absolute atomic E-state index is 0.0575. The van der Waals surface area contributed by atoms with Gasteiger partial charge in [-0.15, -0.1) is 0 Å². The van der Waals surface area contributed by atoms with Crippen molar-refractivity contribution in [3.05, 3.63) is 88.9 Å². The van der Waals surface area contributed by atoms with Crippen molar-refractivity contribution in [2.75, 3.05) is 18.0 Å². The Bertz CT molecular complexity index is 1370. The highest BCUT2D eigenvalue weighted by Gasteiger charge is 2.28. The van der Waals surface area contributed by atoms with Crippen LogP contribution in [0.4, 0.5) is 5.69 Å². The number of hydrogen-bond donors (Lipinski definition) is 1. The van der Waals surface area contributed by atoms with Crippen molar-refractivity contribution >= 4 is 38.9 Å². The summed E-state index contributed by atoms with van der Waals surface area (Å²) in [5.41, 5.74) is 5.33. The summed E-state index contributed by atoms with van der Waals surface area (Å²) >= 11 is 6.27. The molecule has 0 heterocycles. The molecule has 3 aromatic rings. The second-order valence-electron chi connectivity index (χ2n) is 9.45. The Morgan fingerprint density at radius 3 is 2.30 bits per heavy atom. The highest BCUT2D eigenvalue weighted by Crippen LogP contribution is 2.32. The Morgan fingerprint density at radius 2 is 1.70 bits per heavy atom. The number of hydrazone groups is 1. The summed E-state index contributed by atoms with van der Waals surface area (Å²) in [5.74, 6) is -0.191. The second kappa shape index (κ2) is 11.8. The molecule has 7 nitrogen and oxygen atoms in total. The minimum Gasteiger partial charge on any atom is -0.495 e. The van der Waals surface area contributed by atoms with E-state index in [9.17, 15) is 13.2 Å². The first-order chi connectivity index (χ1) is 17.4. The molecule has 0 saturated heterocycles. The lowest BCUT2D eigenvalue weighted by molar-refractivity contribution is -0.119. The van der Waals surface area contributed by atoms with E-state index in [2.05, 4.69) is 36.5 Å². The molecular weight excluding hydrogens is 510 g/mol. The van der Waals surface area contributed by atoms with E-state index in [1.54, 1.807) is 24.3 Å². The molecule has 0 aliphatic carbocycles. The first-order valence-electron chi connectivity index (χ1n) is 11.7. The van der Waals surface area contributed by atoms with E-state index >= 15 is 0 Å². The summed E-state index contributed by atoms with van der Waals surface area (Å²) in [7, 11) is -2.61. The summed E-state index contributed by atoms with van der Waals surface area (Å²) in [6.07, 6.45) is 0.608. The number of halogens is 1. The van der Waals surface area contributed by atoms with Gasteiger partial charge in [-0.05, 0) is 61.6 Å². The van der Waals surface area contributed by atoms with Crippen LogP contribution < -0.4 is 14.5 Å².